The first-order chi connectivity index (χ1) is 7.11. The number of nitrogens with one attached hydrogen (secondary N) is 1. The molecule has 0 aliphatic rings. The van der Waals surface area contributed by atoms with Crippen molar-refractivity contribution < 1.29 is 4.74 Å². The van der Waals surface area contributed by atoms with E-state index in [9.17, 15) is 0 Å². The Bertz CT molecular complexity index is 350. The number of aromatic nitrogens is 2. The summed E-state index contributed by atoms with van der Waals surface area (Å²) < 4.78 is 5.49. The molecule has 0 unspecified atom stereocenters. The molecule has 1 aromatic heterocycles. The molecular weight excluding hydrogens is 190 g/mol. The predicted molar refractivity (Wildman–Crippen MR) is 61.2 cm³/mol. The topological polar surface area (TPSA) is 47.0 Å². The Morgan fingerprint density at radius 1 is 1.53 bits per heavy atom. The molecule has 0 radical (unpaired) electrons. The van der Waals surface area contributed by atoms with Crippen LogP contribution in [0.25, 0.3) is 0 Å². The van der Waals surface area contributed by atoms with Gasteiger partial charge in [-0.05, 0) is 13.8 Å². The quantitative estimate of drug-likeness (QED) is 0.752. The van der Waals surface area contributed by atoms with E-state index in [1.54, 1.807) is 6.07 Å². The molecule has 0 amide bonds. The van der Waals surface area contributed by atoms with Crippen LogP contribution in [0.2, 0.25) is 0 Å². The third kappa shape index (κ3) is 3.97. The second kappa shape index (κ2) is 5.34. The van der Waals surface area contributed by atoms with Crippen molar-refractivity contribution >= 4 is 5.82 Å². The van der Waals surface area contributed by atoms with Crippen LogP contribution >= 0.6 is 0 Å². The zero-order chi connectivity index (χ0) is 11.3. The lowest BCUT2D eigenvalue weighted by Gasteiger charge is -2.07. The van der Waals surface area contributed by atoms with Crippen molar-refractivity contribution in [2.75, 3.05) is 19.0 Å². The Kier molecular flexibility index (Phi) is 4.09. The molecule has 82 valence electrons. The Hall–Kier alpha value is -1.58. The molecular formula is C11H17N3O. The minimum Gasteiger partial charge on any atom is -0.477 e. The van der Waals surface area contributed by atoms with Gasteiger partial charge in [-0.1, -0.05) is 5.57 Å². The summed E-state index contributed by atoms with van der Waals surface area (Å²) in [7, 11) is 1.82. The fraction of sp³-hybridized carbons (Fsp3) is 0.455. The van der Waals surface area contributed by atoms with Gasteiger partial charge in [0, 0.05) is 19.5 Å². The van der Waals surface area contributed by atoms with E-state index in [-0.39, 0.29) is 0 Å². The molecule has 0 aliphatic carbocycles. The van der Waals surface area contributed by atoms with Gasteiger partial charge in [0.05, 0.1) is 6.61 Å². The lowest BCUT2D eigenvalue weighted by atomic mass is 10.3. The van der Waals surface area contributed by atoms with Gasteiger partial charge in [-0.2, -0.15) is 4.98 Å². The summed E-state index contributed by atoms with van der Waals surface area (Å²) in [6.07, 6.45) is 0.845. The Morgan fingerprint density at radius 3 is 2.87 bits per heavy atom. The molecule has 0 spiro atoms. The highest BCUT2D eigenvalue weighted by atomic mass is 16.5. The van der Waals surface area contributed by atoms with Gasteiger partial charge in [0.1, 0.15) is 11.6 Å². The molecule has 0 atom stereocenters. The van der Waals surface area contributed by atoms with Crippen LogP contribution in [0, 0.1) is 6.92 Å². The standard InChI is InChI=1S/C11H17N3O/c1-8(2)5-6-15-11-7-10(12-4)13-9(3)14-11/h7H,1,5-6H2,2-4H3,(H,12,13,14). The maximum atomic E-state index is 5.49. The van der Waals surface area contributed by atoms with Crippen molar-refractivity contribution in [3.8, 4) is 5.88 Å². The number of hydrogen-bond acceptors (Lipinski definition) is 4. The van der Waals surface area contributed by atoms with Gasteiger partial charge in [0.2, 0.25) is 5.88 Å². The summed E-state index contributed by atoms with van der Waals surface area (Å²) in [5.74, 6) is 2.08. The number of nitrogens with zero attached hydrogens (tertiary/aromatic N) is 2. The summed E-state index contributed by atoms with van der Waals surface area (Å²) in [5.41, 5.74) is 1.11. The Morgan fingerprint density at radius 2 is 2.27 bits per heavy atom. The highest BCUT2D eigenvalue weighted by Gasteiger charge is 2.01. The van der Waals surface area contributed by atoms with Crippen molar-refractivity contribution in [1.82, 2.24) is 9.97 Å². The summed E-state index contributed by atoms with van der Waals surface area (Å²) >= 11 is 0. The smallest absolute Gasteiger partial charge is 0.218 e. The van der Waals surface area contributed by atoms with E-state index < -0.39 is 0 Å². The molecule has 0 saturated heterocycles. The van der Waals surface area contributed by atoms with E-state index in [1.807, 2.05) is 20.9 Å². The van der Waals surface area contributed by atoms with E-state index in [2.05, 4.69) is 21.9 Å². The number of aryl methyl sites for hydroxylation is 1. The molecule has 1 aromatic rings. The first-order valence-corrected chi connectivity index (χ1v) is 4.92. The fourth-order valence-electron chi connectivity index (χ4n) is 1.07. The minimum atomic E-state index is 0.605. The monoisotopic (exact) mass is 207 g/mol. The van der Waals surface area contributed by atoms with E-state index in [0.717, 1.165) is 17.8 Å². The fourth-order valence-corrected chi connectivity index (χ4v) is 1.07. The second-order valence-electron chi connectivity index (χ2n) is 3.44. The average Bonchev–Trinajstić information content (AvgIpc) is 2.16. The summed E-state index contributed by atoms with van der Waals surface area (Å²) in [6.45, 7) is 8.24. The third-order valence-corrected chi connectivity index (χ3v) is 1.85. The first-order valence-electron chi connectivity index (χ1n) is 4.92. The van der Waals surface area contributed by atoms with Crippen molar-refractivity contribution in [2.45, 2.75) is 20.3 Å². The van der Waals surface area contributed by atoms with Crippen LogP contribution < -0.4 is 10.1 Å². The zero-order valence-electron chi connectivity index (χ0n) is 9.50. The van der Waals surface area contributed by atoms with E-state index in [1.165, 1.54) is 0 Å². The van der Waals surface area contributed by atoms with Gasteiger partial charge in [0.25, 0.3) is 0 Å². The van der Waals surface area contributed by atoms with Gasteiger partial charge >= 0.3 is 0 Å². The highest BCUT2D eigenvalue weighted by Crippen LogP contribution is 2.13. The van der Waals surface area contributed by atoms with Crippen molar-refractivity contribution in [1.29, 1.82) is 0 Å². The number of rotatable bonds is 5. The Labute approximate surface area is 90.4 Å². The molecule has 0 saturated carbocycles. The molecule has 1 heterocycles. The molecule has 0 fully saturated rings. The largest absolute Gasteiger partial charge is 0.477 e. The maximum absolute atomic E-state index is 5.49. The van der Waals surface area contributed by atoms with Crippen LogP contribution in [0.1, 0.15) is 19.2 Å². The van der Waals surface area contributed by atoms with E-state index in [4.69, 9.17) is 4.74 Å². The molecule has 4 heteroatoms. The lowest BCUT2D eigenvalue weighted by molar-refractivity contribution is 0.308. The highest BCUT2D eigenvalue weighted by molar-refractivity contribution is 5.37. The van der Waals surface area contributed by atoms with Gasteiger partial charge in [0.15, 0.2) is 0 Å². The van der Waals surface area contributed by atoms with Crippen LogP contribution in [0.5, 0.6) is 5.88 Å². The van der Waals surface area contributed by atoms with Gasteiger partial charge < -0.3 is 10.1 Å². The molecule has 0 bridgehead atoms. The Balaban J connectivity index is 2.60. The summed E-state index contributed by atoms with van der Waals surface area (Å²) in [5, 5.41) is 2.96. The predicted octanol–water partition coefficient (Wildman–Crippen LogP) is 2.17. The van der Waals surface area contributed by atoms with Gasteiger partial charge in [-0.15, -0.1) is 6.58 Å². The molecule has 15 heavy (non-hydrogen) atoms. The third-order valence-electron chi connectivity index (χ3n) is 1.85. The lowest BCUT2D eigenvalue weighted by Crippen LogP contribution is -2.03. The van der Waals surface area contributed by atoms with Crippen LogP contribution in [-0.4, -0.2) is 23.6 Å². The van der Waals surface area contributed by atoms with Crippen molar-refractivity contribution in [3.05, 3.63) is 24.0 Å². The molecule has 1 rings (SSSR count). The number of anilines is 1. The van der Waals surface area contributed by atoms with Crippen molar-refractivity contribution in [2.24, 2.45) is 0 Å². The van der Waals surface area contributed by atoms with Crippen LogP contribution in [0.3, 0.4) is 0 Å². The summed E-state index contributed by atoms with van der Waals surface area (Å²) in [6, 6.07) is 1.78. The number of hydrogen-bond donors (Lipinski definition) is 1. The summed E-state index contributed by atoms with van der Waals surface area (Å²) in [4.78, 5) is 8.35. The first kappa shape index (κ1) is 11.5. The van der Waals surface area contributed by atoms with Crippen molar-refractivity contribution in [3.63, 3.8) is 0 Å². The van der Waals surface area contributed by atoms with E-state index >= 15 is 0 Å². The maximum Gasteiger partial charge on any atom is 0.218 e. The second-order valence-corrected chi connectivity index (χ2v) is 3.44. The number of ether oxygens (including phenoxy) is 1. The SMILES string of the molecule is C=C(C)CCOc1cc(NC)nc(C)n1. The van der Waals surface area contributed by atoms with Crippen LogP contribution in [0.4, 0.5) is 5.82 Å². The normalized spacial score (nSPS) is 9.80. The van der Waals surface area contributed by atoms with E-state index in [0.29, 0.717) is 18.3 Å². The molecule has 0 aromatic carbocycles. The molecule has 4 nitrogen and oxygen atoms in total. The zero-order valence-corrected chi connectivity index (χ0v) is 9.50. The van der Waals surface area contributed by atoms with Gasteiger partial charge in [-0.3, -0.25) is 0 Å². The minimum absolute atomic E-state index is 0.605. The molecule has 1 N–H and O–H groups in total. The molecule has 0 aliphatic heterocycles. The van der Waals surface area contributed by atoms with Crippen LogP contribution in [0.15, 0.2) is 18.2 Å². The average molecular weight is 207 g/mol. The van der Waals surface area contributed by atoms with Crippen LogP contribution in [-0.2, 0) is 0 Å². The van der Waals surface area contributed by atoms with Gasteiger partial charge in [-0.25, -0.2) is 4.98 Å².